The third-order valence-electron chi connectivity index (χ3n) is 5.61. The third-order valence-corrected chi connectivity index (χ3v) is 5.61. The highest BCUT2D eigenvalue weighted by molar-refractivity contribution is 5.83. The van der Waals surface area contributed by atoms with Crippen LogP contribution in [0.15, 0.2) is 0 Å². The Hall–Kier alpha value is -1.50. The van der Waals surface area contributed by atoms with Crippen molar-refractivity contribution in [3.63, 3.8) is 0 Å². The topological polar surface area (TPSA) is 84.1 Å². The number of rotatable bonds is 2. The molecular weight excluding hydrogens is 282 g/mol. The first-order valence-corrected chi connectivity index (χ1v) is 8.45. The summed E-state index contributed by atoms with van der Waals surface area (Å²) in [5.74, 6) is 1.07. The lowest BCUT2D eigenvalue weighted by Crippen LogP contribution is -2.44. The predicted molar refractivity (Wildman–Crippen MR) is 77.9 cm³/mol. The molecule has 0 aromatic carbocycles. The SMILES string of the molecule is O=C(C1CCCCn2nnnc21)N1CCC(C2(O)CC2)CC1. The number of fused-ring (bicyclic) bond motifs is 1. The van der Waals surface area contributed by atoms with Gasteiger partial charge < -0.3 is 10.0 Å². The van der Waals surface area contributed by atoms with Crippen LogP contribution in [0.1, 0.15) is 56.7 Å². The number of aryl methyl sites for hydroxylation is 1. The highest BCUT2D eigenvalue weighted by Crippen LogP contribution is 2.46. The van der Waals surface area contributed by atoms with E-state index in [2.05, 4.69) is 15.5 Å². The number of nitrogens with zero attached hydrogens (tertiary/aromatic N) is 5. The van der Waals surface area contributed by atoms with Gasteiger partial charge in [0.05, 0.1) is 11.5 Å². The Morgan fingerprint density at radius 1 is 1.14 bits per heavy atom. The lowest BCUT2D eigenvalue weighted by atomic mass is 9.88. The van der Waals surface area contributed by atoms with Gasteiger partial charge in [0.25, 0.3) is 0 Å². The molecule has 0 spiro atoms. The van der Waals surface area contributed by atoms with Crippen molar-refractivity contribution in [3.8, 4) is 0 Å². The van der Waals surface area contributed by atoms with E-state index in [0.717, 1.165) is 70.4 Å². The molecule has 1 amide bonds. The van der Waals surface area contributed by atoms with Gasteiger partial charge in [-0.15, -0.1) is 5.10 Å². The lowest BCUT2D eigenvalue weighted by Gasteiger charge is -2.35. The molecule has 2 fully saturated rings. The Labute approximate surface area is 129 Å². The van der Waals surface area contributed by atoms with E-state index in [1.165, 1.54) is 0 Å². The predicted octanol–water partition coefficient (Wildman–Crippen LogP) is 0.704. The van der Waals surface area contributed by atoms with Crippen molar-refractivity contribution in [2.75, 3.05) is 13.1 Å². The number of aliphatic hydroxyl groups is 1. The van der Waals surface area contributed by atoms with E-state index in [1.807, 2.05) is 4.90 Å². The van der Waals surface area contributed by atoms with Gasteiger partial charge in [-0.1, -0.05) is 6.42 Å². The van der Waals surface area contributed by atoms with Crippen molar-refractivity contribution in [3.05, 3.63) is 5.82 Å². The molecule has 7 heteroatoms. The molecule has 1 saturated carbocycles. The van der Waals surface area contributed by atoms with E-state index in [4.69, 9.17) is 0 Å². The number of carbonyl (C=O) groups is 1. The van der Waals surface area contributed by atoms with Crippen LogP contribution >= 0.6 is 0 Å². The average Bonchev–Trinajstić information content (AvgIpc) is 3.20. The number of hydrogen-bond donors (Lipinski definition) is 1. The quantitative estimate of drug-likeness (QED) is 0.869. The molecule has 1 aromatic rings. The Bertz CT molecular complexity index is 560. The van der Waals surface area contributed by atoms with E-state index < -0.39 is 5.60 Å². The van der Waals surface area contributed by atoms with Gasteiger partial charge in [0, 0.05) is 19.6 Å². The minimum Gasteiger partial charge on any atom is -0.390 e. The molecule has 1 aromatic heterocycles. The Morgan fingerprint density at radius 3 is 2.64 bits per heavy atom. The van der Waals surface area contributed by atoms with Crippen LogP contribution in [0.3, 0.4) is 0 Å². The summed E-state index contributed by atoms with van der Waals surface area (Å²) in [4.78, 5) is 14.8. The van der Waals surface area contributed by atoms with Gasteiger partial charge in [0.15, 0.2) is 5.82 Å². The van der Waals surface area contributed by atoms with Crippen LogP contribution in [0, 0.1) is 5.92 Å². The molecule has 1 aliphatic carbocycles. The van der Waals surface area contributed by atoms with Crippen molar-refractivity contribution in [2.24, 2.45) is 5.92 Å². The monoisotopic (exact) mass is 305 g/mol. The number of hydrogen-bond acceptors (Lipinski definition) is 5. The first-order valence-electron chi connectivity index (χ1n) is 8.45. The van der Waals surface area contributed by atoms with E-state index >= 15 is 0 Å². The van der Waals surface area contributed by atoms with Crippen LogP contribution in [-0.2, 0) is 11.3 Å². The first-order chi connectivity index (χ1) is 10.7. The van der Waals surface area contributed by atoms with Crippen LogP contribution in [0.25, 0.3) is 0 Å². The van der Waals surface area contributed by atoms with Crippen LogP contribution in [0.4, 0.5) is 0 Å². The molecule has 1 unspecified atom stereocenters. The second kappa shape index (κ2) is 5.30. The Balaban J connectivity index is 1.44. The summed E-state index contributed by atoms with van der Waals surface area (Å²) < 4.78 is 1.79. The smallest absolute Gasteiger partial charge is 0.233 e. The molecule has 0 bridgehead atoms. The molecule has 4 rings (SSSR count). The maximum absolute atomic E-state index is 12.9. The highest BCUT2D eigenvalue weighted by Gasteiger charge is 2.48. The molecule has 3 aliphatic rings. The third kappa shape index (κ3) is 2.41. The maximum atomic E-state index is 12.9. The highest BCUT2D eigenvalue weighted by atomic mass is 16.3. The van der Waals surface area contributed by atoms with Crippen molar-refractivity contribution >= 4 is 5.91 Å². The fourth-order valence-corrected chi connectivity index (χ4v) is 3.99. The van der Waals surface area contributed by atoms with Crippen molar-refractivity contribution in [1.29, 1.82) is 0 Å². The number of amides is 1. The molecule has 1 saturated heterocycles. The molecular formula is C15H23N5O2. The summed E-state index contributed by atoms with van der Waals surface area (Å²) in [6.07, 6.45) is 6.59. The van der Waals surface area contributed by atoms with E-state index in [0.29, 0.717) is 5.92 Å². The maximum Gasteiger partial charge on any atom is 0.233 e. The van der Waals surface area contributed by atoms with Crippen LogP contribution in [0.5, 0.6) is 0 Å². The summed E-state index contributed by atoms with van der Waals surface area (Å²) in [6, 6.07) is 0. The largest absolute Gasteiger partial charge is 0.390 e. The number of tetrazole rings is 1. The van der Waals surface area contributed by atoms with E-state index in [-0.39, 0.29) is 11.8 Å². The standard InChI is InChI=1S/C15H23N5O2/c21-14(12-3-1-2-8-20-13(12)16-17-18-20)19-9-4-11(5-10-19)15(22)6-7-15/h11-12,22H,1-10H2. The fraction of sp³-hybridized carbons (Fsp3) is 0.867. The molecule has 0 radical (unpaired) electrons. The Kier molecular flexibility index (Phi) is 3.40. The summed E-state index contributed by atoms with van der Waals surface area (Å²) in [5.41, 5.74) is -0.415. The van der Waals surface area contributed by atoms with Gasteiger partial charge in [-0.3, -0.25) is 4.79 Å². The molecule has 2 aliphatic heterocycles. The van der Waals surface area contributed by atoms with Gasteiger partial charge in [-0.05, 0) is 54.9 Å². The zero-order chi connectivity index (χ0) is 15.2. The van der Waals surface area contributed by atoms with Crippen molar-refractivity contribution in [2.45, 2.75) is 63.0 Å². The van der Waals surface area contributed by atoms with Crippen molar-refractivity contribution < 1.29 is 9.90 Å². The lowest BCUT2D eigenvalue weighted by molar-refractivity contribution is -0.135. The molecule has 1 atom stereocenters. The number of piperidine rings is 1. The summed E-state index contributed by atoms with van der Waals surface area (Å²) in [7, 11) is 0. The van der Waals surface area contributed by atoms with E-state index in [1.54, 1.807) is 4.68 Å². The zero-order valence-corrected chi connectivity index (χ0v) is 12.8. The number of aromatic nitrogens is 4. The van der Waals surface area contributed by atoms with Crippen LogP contribution in [0.2, 0.25) is 0 Å². The second-order valence-electron chi connectivity index (χ2n) is 7.01. The molecule has 3 heterocycles. The van der Waals surface area contributed by atoms with Gasteiger partial charge in [0.1, 0.15) is 0 Å². The molecule has 7 nitrogen and oxygen atoms in total. The summed E-state index contributed by atoms with van der Waals surface area (Å²) >= 11 is 0. The first kappa shape index (κ1) is 14.1. The number of likely N-dealkylation sites (tertiary alicyclic amines) is 1. The van der Waals surface area contributed by atoms with Gasteiger partial charge in [0.2, 0.25) is 5.91 Å². The van der Waals surface area contributed by atoms with Crippen LogP contribution in [-0.4, -0.2) is 54.8 Å². The van der Waals surface area contributed by atoms with Crippen LogP contribution < -0.4 is 0 Å². The van der Waals surface area contributed by atoms with Gasteiger partial charge in [-0.25, -0.2) is 4.68 Å². The molecule has 22 heavy (non-hydrogen) atoms. The second-order valence-corrected chi connectivity index (χ2v) is 7.01. The van der Waals surface area contributed by atoms with Crippen molar-refractivity contribution in [1.82, 2.24) is 25.1 Å². The minimum absolute atomic E-state index is 0.166. The summed E-state index contributed by atoms with van der Waals surface area (Å²) in [6.45, 7) is 2.31. The van der Waals surface area contributed by atoms with E-state index in [9.17, 15) is 9.90 Å². The summed E-state index contributed by atoms with van der Waals surface area (Å²) in [5, 5.41) is 22.1. The average molecular weight is 305 g/mol. The fourth-order valence-electron chi connectivity index (χ4n) is 3.99. The Morgan fingerprint density at radius 2 is 1.91 bits per heavy atom. The van der Waals surface area contributed by atoms with Gasteiger partial charge in [-0.2, -0.15) is 0 Å². The normalized spacial score (nSPS) is 28.0. The molecule has 120 valence electrons. The molecule has 1 N–H and O–H groups in total. The number of carbonyl (C=O) groups excluding carboxylic acids is 1. The minimum atomic E-state index is -0.415. The van der Waals surface area contributed by atoms with Gasteiger partial charge >= 0.3 is 0 Å². The zero-order valence-electron chi connectivity index (χ0n) is 12.8.